The fourth-order valence-electron chi connectivity index (χ4n) is 2.02. The maximum Gasteiger partial charge on any atom is 0.470 e. The van der Waals surface area contributed by atoms with Gasteiger partial charge in [0.05, 0.1) is 6.10 Å². The summed E-state index contributed by atoms with van der Waals surface area (Å²) in [6.45, 7) is 1.20. The Balaban J connectivity index is 3.27. The van der Waals surface area contributed by atoms with E-state index in [4.69, 9.17) is 38.8 Å². The maximum absolute atomic E-state index is 11.1. The van der Waals surface area contributed by atoms with Gasteiger partial charge in [-0.3, -0.25) is 13.6 Å². The Bertz CT molecular complexity index is 561. The molecule has 1 heterocycles. The van der Waals surface area contributed by atoms with Crippen LogP contribution in [-0.2, 0) is 36.7 Å². The summed E-state index contributed by atoms with van der Waals surface area (Å²) in [5.74, 6) is 0. The molecule has 14 nitrogen and oxygen atoms in total. The van der Waals surface area contributed by atoms with Crippen LogP contribution in [0.4, 0.5) is 0 Å². The highest BCUT2D eigenvalue weighted by atomic mass is 31.2. The number of ether oxygens (including phenoxy) is 2. The van der Waals surface area contributed by atoms with Gasteiger partial charge in [0, 0.05) is 7.11 Å². The summed E-state index contributed by atoms with van der Waals surface area (Å²) in [4.78, 5) is 53.6. The van der Waals surface area contributed by atoms with E-state index in [0.717, 1.165) is 7.11 Å². The molecule has 24 heavy (non-hydrogen) atoms. The number of phosphoric acid groups is 3. The van der Waals surface area contributed by atoms with Gasteiger partial charge in [0.1, 0.15) is 18.3 Å². The van der Waals surface area contributed by atoms with E-state index in [9.17, 15) is 13.7 Å². The van der Waals surface area contributed by atoms with Crippen molar-refractivity contribution in [1.29, 1.82) is 0 Å². The lowest BCUT2D eigenvalue weighted by molar-refractivity contribution is -0.276. The third kappa shape index (κ3) is 7.24. The van der Waals surface area contributed by atoms with Gasteiger partial charge in [-0.05, 0) is 6.92 Å². The van der Waals surface area contributed by atoms with Gasteiger partial charge < -0.3 is 38.8 Å². The summed E-state index contributed by atoms with van der Waals surface area (Å²) in [5, 5.41) is 0. The minimum Gasteiger partial charge on any atom is -0.353 e. The molecule has 0 amide bonds. The van der Waals surface area contributed by atoms with Crippen molar-refractivity contribution in [3.8, 4) is 0 Å². The van der Waals surface area contributed by atoms with Crippen LogP contribution in [0.3, 0.4) is 0 Å². The van der Waals surface area contributed by atoms with Crippen molar-refractivity contribution in [2.24, 2.45) is 0 Å². The number of phosphoric ester groups is 3. The van der Waals surface area contributed by atoms with Crippen molar-refractivity contribution in [2.45, 2.75) is 37.6 Å². The summed E-state index contributed by atoms with van der Waals surface area (Å²) >= 11 is 0. The third-order valence-corrected chi connectivity index (χ3v) is 4.29. The molecular formula is C7H17O14P3. The summed E-state index contributed by atoms with van der Waals surface area (Å²) < 4.78 is 56.2. The predicted octanol–water partition coefficient (Wildman–Crippen LogP) is -1.19. The lowest BCUT2D eigenvalue weighted by Gasteiger charge is -2.43. The lowest BCUT2D eigenvalue weighted by Crippen LogP contribution is -2.59. The van der Waals surface area contributed by atoms with Gasteiger partial charge in [-0.25, -0.2) is 13.7 Å². The van der Waals surface area contributed by atoms with Crippen molar-refractivity contribution < 1.29 is 66.1 Å². The second-order valence-corrected chi connectivity index (χ2v) is 8.20. The average Bonchev–Trinajstić information content (AvgIpc) is 2.32. The van der Waals surface area contributed by atoms with Gasteiger partial charge in [0.2, 0.25) is 0 Å². The monoisotopic (exact) mass is 418 g/mol. The Kier molecular flexibility index (Phi) is 7.31. The highest BCUT2D eigenvalue weighted by Crippen LogP contribution is 2.50. The number of rotatable bonds is 7. The second-order valence-electron chi connectivity index (χ2n) is 4.63. The molecule has 6 N–H and O–H groups in total. The van der Waals surface area contributed by atoms with Crippen LogP contribution in [0.5, 0.6) is 0 Å². The first-order chi connectivity index (χ1) is 10.6. The maximum atomic E-state index is 11.1. The quantitative estimate of drug-likeness (QED) is 0.268. The van der Waals surface area contributed by atoms with Gasteiger partial charge in [-0.2, -0.15) is 0 Å². The fraction of sp³-hybridized carbons (Fsp3) is 1.00. The summed E-state index contributed by atoms with van der Waals surface area (Å²) in [7, 11) is -14.7. The van der Waals surface area contributed by atoms with E-state index in [1.54, 1.807) is 0 Å². The molecule has 0 bridgehead atoms. The number of hydrogen-bond donors (Lipinski definition) is 6. The van der Waals surface area contributed by atoms with Crippen molar-refractivity contribution >= 4 is 23.5 Å². The summed E-state index contributed by atoms with van der Waals surface area (Å²) in [6, 6.07) is 0. The predicted molar refractivity (Wildman–Crippen MR) is 72.1 cm³/mol. The van der Waals surface area contributed by atoms with Gasteiger partial charge in [0.15, 0.2) is 6.29 Å². The van der Waals surface area contributed by atoms with Crippen LogP contribution in [-0.4, -0.2) is 67.2 Å². The molecule has 0 unspecified atom stereocenters. The average molecular weight is 418 g/mol. The van der Waals surface area contributed by atoms with Gasteiger partial charge in [0.25, 0.3) is 0 Å². The summed E-state index contributed by atoms with van der Waals surface area (Å²) in [6.07, 6.45) is -8.70. The van der Waals surface area contributed by atoms with E-state index in [2.05, 4.69) is 13.6 Å². The molecule has 1 rings (SSSR count). The van der Waals surface area contributed by atoms with E-state index in [-0.39, 0.29) is 0 Å². The molecule has 144 valence electrons. The van der Waals surface area contributed by atoms with Crippen LogP contribution in [0.15, 0.2) is 0 Å². The number of methoxy groups -OCH3 is 1. The zero-order valence-electron chi connectivity index (χ0n) is 12.2. The molecule has 0 spiro atoms. The molecular weight excluding hydrogens is 401 g/mol. The largest absolute Gasteiger partial charge is 0.470 e. The van der Waals surface area contributed by atoms with Crippen molar-refractivity contribution in [3.63, 3.8) is 0 Å². The normalized spacial score (nSPS) is 32.8. The first kappa shape index (κ1) is 22.3. The molecule has 0 aromatic heterocycles. The standard InChI is InChI=1S/C7H17O14P3/c1-3-4(19-22(8,9)10)5(20-23(11,12)13)6(7(17-2)18-3)21-24(14,15)16/h3-7H,1-2H3,(H2,8,9,10)(H2,11,12,13)(H2,14,15,16)/t3-,4-,5+,6+,7+/m1/s1. The van der Waals surface area contributed by atoms with Crippen LogP contribution < -0.4 is 0 Å². The Morgan fingerprint density at radius 2 is 1.12 bits per heavy atom. The molecule has 1 fully saturated rings. The fourth-order valence-corrected chi connectivity index (χ4v) is 3.72. The first-order valence-corrected chi connectivity index (χ1v) is 10.6. The van der Waals surface area contributed by atoms with E-state index in [0.29, 0.717) is 0 Å². The molecule has 1 saturated heterocycles. The topological polar surface area (TPSA) is 219 Å². The molecule has 0 aliphatic carbocycles. The minimum absolute atomic E-state index is 1.03. The van der Waals surface area contributed by atoms with E-state index < -0.39 is 54.2 Å². The molecule has 1 aliphatic heterocycles. The van der Waals surface area contributed by atoms with E-state index >= 15 is 0 Å². The zero-order valence-corrected chi connectivity index (χ0v) is 14.9. The van der Waals surface area contributed by atoms with E-state index in [1.165, 1.54) is 6.92 Å². The molecule has 1 aliphatic rings. The van der Waals surface area contributed by atoms with E-state index in [1.807, 2.05) is 0 Å². The Labute approximate surface area is 135 Å². The molecule has 17 heteroatoms. The minimum atomic E-state index is -5.28. The molecule has 0 radical (unpaired) electrons. The molecule has 0 aromatic carbocycles. The Hall–Kier alpha value is 0.250. The highest BCUT2D eigenvalue weighted by molar-refractivity contribution is 7.47. The van der Waals surface area contributed by atoms with Crippen molar-refractivity contribution in [1.82, 2.24) is 0 Å². The Morgan fingerprint density at radius 1 is 0.750 bits per heavy atom. The first-order valence-electron chi connectivity index (χ1n) is 6.03. The SMILES string of the molecule is CO[C@H]1O[C@H](C)[C@@H](OP(=O)(O)O)[C@H](OP(=O)(O)O)[C@@H]1OP(=O)(O)O. The highest BCUT2D eigenvalue weighted by Gasteiger charge is 2.53. The summed E-state index contributed by atoms with van der Waals surface area (Å²) in [5.41, 5.74) is 0. The second kappa shape index (κ2) is 7.87. The van der Waals surface area contributed by atoms with Crippen LogP contribution in [0.2, 0.25) is 0 Å². The molecule has 0 aromatic rings. The van der Waals surface area contributed by atoms with Crippen LogP contribution in [0, 0.1) is 0 Å². The molecule has 0 saturated carbocycles. The number of hydrogen-bond acceptors (Lipinski definition) is 8. The van der Waals surface area contributed by atoms with Crippen LogP contribution >= 0.6 is 23.5 Å². The lowest BCUT2D eigenvalue weighted by atomic mass is 10.0. The van der Waals surface area contributed by atoms with Crippen LogP contribution in [0.25, 0.3) is 0 Å². The smallest absolute Gasteiger partial charge is 0.353 e. The third-order valence-electron chi connectivity index (χ3n) is 2.74. The zero-order chi connectivity index (χ0) is 18.9. The Morgan fingerprint density at radius 3 is 1.50 bits per heavy atom. The van der Waals surface area contributed by atoms with Crippen LogP contribution in [0.1, 0.15) is 6.92 Å². The molecule has 5 atom stereocenters. The van der Waals surface area contributed by atoms with Gasteiger partial charge in [-0.1, -0.05) is 0 Å². The van der Waals surface area contributed by atoms with Gasteiger partial charge >= 0.3 is 23.5 Å². The van der Waals surface area contributed by atoms with Crippen molar-refractivity contribution in [3.05, 3.63) is 0 Å². The van der Waals surface area contributed by atoms with Gasteiger partial charge in [-0.15, -0.1) is 0 Å². The van der Waals surface area contributed by atoms with Crippen molar-refractivity contribution in [2.75, 3.05) is 7.11 Å².